The second-order valence-electron chi connectivity index (χ2n) is 7.08. The third kappa shape index (κ3) is 3.68. The maximum atomic E-state index is 12.8. The van der Waals surface area contributed by atoms with Crippen LogP contribution in [0.1, 0.15) is 25.8 Å². The lowest BCUT2D eigenvalue weighted by molar-refractivity contribution is -0.130. The number of hydrogen-bond donors (Lipinski definition) is 2. The summed E-state index contributed by atoms with van der Waals surface area (Å²) in [4.78, 5) is 12.8. The van der Waals surface area contributed by atoms with Gasteiger partial charge in [-0.1, -0.05) is 54.6 Å². The van der Waals surface area contributed by atoms with Crippen LogP contribution in [0.25, 0.3) is 11.1 Å². The Hall–Kier alpha value is -2.13. The van der Waals surface area contributed by atoms with E-state index in [0.29, 0.717) is 0 Å². The molecule has 0 spiro atoms. The topological polar surface area (TPSA) is 41.1 Å². The molecule has 0 bridgehead atoms. The van der Waals surface area contributed by atoms with Crippen molar-refractivity contribution in [3.63, 3.8) is 0 Å². The molecule has 0 aromatic heterocycles. The Morgan fingerprint density at radius 3 is 2.54 bits per heavy atom. The Balaban J connectivity index is 1.84. The van der Waals surface area contributed by atoms with Crippen LogP contribution in [0.4, 0.5) is 0 Å². The largest absolute Gasteiger partial charge is 0.353 e. The van der Waals surface area contributed by atoms with Gasteiger partial charge in [-0.2, -0.15) is 0 Å². The lowest BCUT2D eigenvalue weighted by atomic mass is 9.79. The summed E-state index contributed by atoms with van der Waals surface area (Å²) in [6, 6.07) is 19.1. The first-order chi connectivity index (χ1) is 11.6. The molecule has 3 rings (SSSR count). The van der Waals surface area contributed by atoms with E-state index in [2.05, 4.69) is 59.2 Å². The van der Waals surface area contributed by atoms with Gasteiger partial charge >= 0.3 is 0 Å². The molecule has 1 atom stereocenters. The van der Waals surface area contributed by atoms with Crippen molar-refractivity contribution in [1.29, 1.82) is 0 Å². The molecule has 0 unspecified atom stereocenters. The highest BCUT2D eigenvalue weighted by Gasteiger charge is 2.41. The van der Waals surface area contributed by atoms with E-state index in [9.17, 15) is 4.79 Å². The van der Waals surface area contributed by atoms with Gasteiger partial charge in [-0.25, -0.2) is 0 Å². The number of nitrogens with one attached hydrogen (secondary N) is 2. The zero-order valence-electron chi connectivity index (χ0n) is 14.5. The first kappa shape index (κ1) is 16.7. The number of benzene rings is 2. The first-order valence-electron chi connectivity index (χ1n) is 8.75. The van der Waals surface area contributed by atoms with Crippen molar-refractivity contribution in [3.05, 3.63) is 60.2 Å². The summed E-state index contributed by atoms with van der Waals surface area (Å²) >= 11 is 0. The maximum absolute atomic E-state index is 12.8. The Morgan fingerprint density at radius 1 is 1.12 bits per heavy atom. The van der Waals surface area contributed by atoms with E-state index in [0.717, 1.165) is 25.9 Å². The fraction of sp³-hybridized carbons (Fsp3) is 0.381. The molecule has 1 saturated heterocycles. The quantitative estimate of drug-likeness (QED) is 0.886. The van der Waals surface area contributed by atoms with Crippen molar-refractivity contribution in [2.24, 2.45) is 5.41 Å². The van der Waals surface area contributed by atoms with Gasteiger partial charge in [-0.3, -0.25) is 4.79 Å². The molecule has 3 heteroatoms. The van der Waals surface area contributed by atoms with Gasteiger partial charge in [-0.05, 0) is 49.9 Å². The monoisotopic (exact) mass is 322 g/mol. The minimum atomic E-state index is -0.334. The van der Waals surface area contributed by atoms with Gasteiger partial charge in [0.25, 0.3) is 0 Å². The SMILES string of the molecule is CC(C)NC(=O)[C@@]1(Cc2cccc(-c3ccccc3)c2)CCNC1. The zero-order valence-corrected chi connectivity index (χ0v) is 14.5. The van der Waals surface area contributed by atoms with Gasteiger partial charge in [0.1, 0.15) is 0 Å². The summed E-state index contributed by atoms with van der Waals surface area (Å²) in [7, 11) is 0. The van der Waals surface area contributed by atoms with Crippen molar-refractivity contribution < 1.29 is 4.79 Å². The van der Waals surface area contributed by atoms with E-state index in [1.807, 2.05) is 19.9 Å². The van der Waals surface area contributed by atoms with Gasteiger partial charge in [0.05, 0.1) is 5.41 Å². The Labute approximate surface area is 144 Å². The van der Waals surface area contributed by atoms with Crippen LogP contribution in [0.2, 0.25) is 0 Å². The van der Waals surface area contributed by atoms with E-state index in [1.54, 1.807) is 0 Å². The fourth-order valence-electron chi connectivity index (χ4n) is 3.47. The number of amides is 1. The van der Waals surface area contributed by atoms with Crippen molar-refractivity contribution in [3.8, 4) is 11.1 Å². The van der Waals surface area contributed by atoms with E-state index in [1.165, 1.54) is 16.7 Å². The molecule has 0 saturated carbocycles. The molecule has 2 aromatic rings. The molecule has 1 fully saturated rings. The van der Waals surface area contributed by atoms with E-state index >= 15 is 0 Å². The highest BCUT2D eigenvalue weighted by Crippen LogP contribution is 2.32. The first-order valence-corrected chi connectivity index (χ1v) is 8.75. The van der Waals surface area contributed by atoms with Crippen LogP contribution in [0.15, 0.2) is 54.6 Å². The van der Waals surface area contributed by atoms with Crippen molar-refractivity contribution in [2.45, 2.75) is 32.7 Å². The summed E-state index contributed by atoms with van der Waals surface area (Å²) < 4.78 is 0. The number of rotatable bonds is 5. The molecule has 3 nitrogen and oxygen atoms in total. The van der Waals surface area contributed by atoms with Crippen molar-refractivity contribution in [2.75, 3.05) is 13.1 Å². The summed E-state index contributed by atoms with van der Waals surface area (Å²) in [6.45, 7) is 5.69. The van der Waals surface area contributed by atoms with Crippen LogP contribution < -0.4 is 10.6 Å². The Morgan fingerprint density at radius 2 is 1.88 bits per heavy atom. The second kappa shape index (κ2) is 7.18. The zero-order chi connectivity index (χ0) is 17.0. The normalized spacial score (nSPS) is 20.3. The molecule has 0 aliphatic carbocycles. The molecule has 1 aliphatic rings. The number of hydrogen-bond acceptors (Lipinski definition) is 2. The molecule has 24 heavy (non-hydrogen) atoms. The molecule has 2 N–H and O–H groups in total. The van der Waals surface area contributed by atoms with Gasteiger partial charge in [0.2, 0.25) is 5.91 Å². The third-order valence-corrected chi connectivity index (χ3v) is 4.72. The standard InChI is InChI=1S/C21H26N2O/c1-16(2)23-20(24)21(11-12-22-15-21)14-17-7-6-10-19(13-17)18-8-4-3-5-9-18/h3-10,13,16,22H,11-12,14-15H2,1-2H3,(H,23,24)/t21-/m1/s1. The average molecular weight is 322 g/mol. The molecular weight excluding hydrogens is 296 g/mol. The fourth-order valence-corrected chi connectivity index (χ4v) is 3.47. The van der Waals surface area contributed by atoms with Gasteiger partial charge in [0.15, 0.2) is 0 Å². The molecular formula is C21H26N2O. The number of carbonyl (C=O) groups excluding carboxylic acids is 1. The van der Waals surface area contributed by atoms with Crippen molar-refractivity contribution in [1.82, 2.24) is 10.6 Å². The summed E-state index contributed by atoms with van der Waals surface area (Å²) in [5.74, 6) is 0.174. The number of carbonyl (C=O) groups is 1. The van der Waals surface area contributed by atoms with Crippen LogP contribution in [0.3, 0.4) is 0 Å². The van der Waals surface area contributed by atoms with Gasteiger partial charge in [0, 0.05) is 12.6 Å². The van der Waals surface area contributed by atoms with Crippen LogP contribution in [0, 0.1) is 5.41 Å². The minimum absolute atomic E-state index is 0.172. The van der Waals surface area contributed by atoms with Crippen LogP contribution in [-0.2, 0) is 11.2 Å². The molecule has 1 amide bonds. The molecule has 2 aromatic carbocycles. The van der Waals surface area contributed by atoms with Crippen LogP contribution >= 0.6 is 0 Å². The van der Waals surface area contributed by atoms with Gasteiger partial charge in [-0.15, -0.1) is 0 Å². The lowest BCUT2D eigenvalue weighted by Crippen LogP contribution is -2.46. The average Bonchev–Trinajstić information content (AvgIpc) is 3.05. The van der Waals surface area contributed by atoms with Gasteiger partial charge < -0.3 is 10.6 Å². The highest BCUT2D eigenvalue weighted by atomic mass is 16.2. The van der Waals surface area contributed by atoms with E-state index in [4.69, 9.17) is 0 Å². The van der Waals surface area contributed by atoms with Crippen LogP contribution in [-0.4, -0.2) is 25.0 Å². The summed E-state index contributed by atoms with van der Waals surface area (Å²) in [5, 5.41) is 6.49. The molecule has 126 valence electrons. The second-order valence-corrected chi connectivity index (χ2v) is 7.08. The Bertz CT molecular complexity index is 688. The molecule has 1 heterocycles. The van der Waals surface area contributed by atoms with Crippen molar-refractivity contribution >= 4 is 5.91 Å². The lowest BCUT2D eigenvalue weighted by Gasteiger charge is -2.28. The minimum Gasteiger partial charge on any atom is -0.353 e. The van der Waals surface area contributed by atoms with E-state index < -0.39 is 0 Å². The van der Waals surface area contributed by atoms with E-state index in [-0.39, 0.29) is 17.4 Å². The highest BCUT2D eigenvalue weighted by molar-refractivity contribution is 5.84. The predicted molar refractivity (Wildman–Crippen MR) is 98.8 cm³/mol. The third-order valence-electron chi connectivity index (χ3n) is 4.72. The van der Waals surface area contributed by atoms with Crippen LogP contribution in [0.5, 0.6) is 0 Å². The molecule has 0 radical (unpaired) electrons. The maximum Gasteiger partial charge on any atom is 0.228 e. The summed E-state index contributed by atoms with van der Waals surface area (Å²) in [6.07, 6.45) is 1.67. The summed E-state index contributed by atoms with van der Waals surface area (Å²) in [5.41, 5.74) is 3.31. The predicted octanol–water partition coefficient (Wildman–Crippen LogP) is 3.40. The Kier molecular flexibility index (Phi) is 5.00. The smallest absolute Gasteiger partial charge is 0.228 e. The molecule has 1 aliphatic heterocycles.